The normalized spacial score (nSPS) is 11.4. The van der Waals surface area contributed by atoms with Gasteiger partial charge in [-0.05, 0) is 48.2 Å². The van der Waals surface area contributed by atoms with Crippen LogP contribution in [0.1, 0.15) is 41.3 Å². The zero-order valence-electron chi connectivity index (χ0n) is 14.7. The summed E-state index contributed by atoms with van der Waals surface area (Å²) >= 11 is 0. The number of rotatable bonds is 6. The van der Waals surface area contributed by atoms with E-state index in [-0.39, 0.29) is 27.8 Å². The molecule has 0 aliphatic carbocycles. The first-order valence-corrected chi connectivity index (χ1v) is 9.26. The van der Waals surface area contributed by atoms with E-state index in [1.54, 1.807) is 24.3 Å². The zero-order valence-corrected chi connectivity index (χ0v) is 15.5. The van der Waals surface area contributed by atoms with E-state index < -0.39 is 15.9 Å². The SMILES string of the molecule is COc1cc(C)c(C(C)C)cc1S(=O)(=O)Nc1ccccc1C(N)=O. The van der Waals surface area contributed by atoms with Crippen LogP contribution in [-0.4, -0.2) is 21.4 Å². The van der Waals surface area contributed by atoms with Gasteiger partial charge in [-0.25, -0.2) is 8.42 Å². The van der Waals surface area contributed by atoms with E-state index in [2.05, 4.69) is 4.72 Å². The van der Waals surface area contributed by atoms with E-state index in [0.29, 0.717) is 0 Å². The number of anilines is 1. The number of hydrogen-bond acceptors (Lipinski definition) is 4. The van der Waals surface area contributed by atoms with Gasteiger partial charge in [0.2, 0.25) is 0 Å². The zero-order chi connectivity index (χ0) is 18.8. The highest BCUT2D eigenvalue weighted by Crippen LogP contribution is 2.32. The van der Waals surface area contributed by atoms with Crippen LogP contribution in [0.25, 0.3) is 0 Å². The van der Waals surface area contributed by atoms with E-state index in [4.69, 9.17) is 10.5 Å². The number of ether oxygens (including phenoxy) is 1. The maximum absolute atomic E-state index is 12.9. The van der Waals surface area contributed by atoms with Crippen molar-refractivity contribution in [2.24, 2.45) is 5.73 Å². The van der Waals surface area contributed by atoms with Crippen molar-refractivity contribution in [3.63, 3.8) is 0 Å². The lowest BCUT2D eigenvalue weighted by Gasteiger charge is -2.17. The van der Waals surface area contributed by atoms with E-state index >= 15 is 0 Å². The number of nitrogens with one attached hydrogen (secondary N) is 1. The molecular weight excluding hydrogens is 340 g/mol. The number of hydrogen-bond donors (Lipinski definition) is 2. The van der Waals surface area contributed by atoms with Crippen LogP contribution in [0, 0.1) is 6.92 Å². The molecule has 0 radical (unpaired) electrons. The Morgan fingerprint density at radius 3 is 2.40 bits per heavy atom. The summed E-state index contributed by atoms with van der Waals surface area (Å²) < 4.78 is 33.5. The molecule has 0 saturated heterocycles. The van der Waals surface area contributed by atoms with Crippen LogP contribution in [-0.2, 0) is 10.0 Å². The maximum atomic E-state index is 12.9. The molecule has 2 rings (SSSR count). The Morgan fingerprint density at radius 1 is 1.20 bits per heavy atom. The van der Waals surface area contributed by atoms with Crippen molar-refractivity contribution >= 4 is 21.6 Å². The van der Waals surface area contributed by atoms with Gasteiger partial charge < -0.3 is 10.5 Å². The number of aryl methyl sites for hydroxylation is 1. The number of sulfonamides is 1. The molecule has 6 nitrogen and oxygen atoms in total. The number of carbonyl (C=O) groups excluding carboxylic acids is 1. The predicted octanol–water partition coefficient (Wildman–Crippen LogP) is 3.03. The van der Waals surface area contributed by atoms with Crippen LogP contribution in [0.3, 0.4) is 0 Å². The molecule has 0 aromatic heterocycles. The molecule has 0 bridgehead atoms. The first-order chi connectivity index (χ1) is 11.7. The minimum absolute atomic E-state index is 0.0172. The van der Waals surface area contributed by atoms with Crippen molar-refractivity contribution in [1.29, 1.82) is 0 Å². The summed E-state index contributed by atoms with van der Waals surface area (Å²) in [6.45, 7) is 5.88. The number of primary amides is 1. The minimum atomic E-state index is -3.97. The molecular formula is C18H22N2O4S. The molecule has 0 saturated carbocycles. The standard InChI is InChI=1S/C18H22N2O4S/c1-11(2)14-10-17(16(24-4)9-12(14)3)25(22,23)20-15-8-6-5-7-13(15)18(19)21/h5-11,20H,1-4H3,(H2,19,21). The Bertz CT molecular complexity index is 905. The molecule has 1 amide bonds. The topological polar surface area (TPSA) is 98.5 Å². The van der Waals surface area contributed by atoms with Crippen LogP contribution in [0.5, 0.6) is 5.75 Å². The second kappa shape index (κ2) is 7.14. The van der Waals surface area contributed by atoms with E-state index in [1.165, 1.54) is 19.2 Å². The van der Waals surface area contributed by atoms with Gasteiger partial charge in [-0.2, -0.15) is 0 Å². The lowest BCUT2D eigenvalue weighted by Crippen LogP contribution is -2.19. The number of methoxy groups -OCH3 is 1. The Balaban J connectivity index is 2.57. The van der Waals surface area contributed by atoms with Crippen molar-refractivity contribution in [3.05, 3.63) is 53.1 Å². The monoisotopic (exact) mass is 362 g/mol. The van der Waals surface area contributed by atoms with Crippen molar-refractivity contribution in [2.75, 3.05) is 11.8 Å². The molecule has 134 valence electrons. The van der Waals surface area contributed by atoms with Crippen molar-refractivity contribution in [2.45, 2.75) is 31.6 Å². The molecule has 2 aromatic rings. The number of nitrogens with two attached hydrogens (primary N) is 1. The predicted molar refractivity (Wildman–Crippen MR) is 97.6 cm³/mol. The van der Waals surface area contributed by atoms with Gasteiger partial charge in [-0.15, -0.1) is 0 Å². The second-order valence-electron chi connectivity index (χ2n) is 6.03. The first-order valence-electron chi connectivity index (χ1n) is 7.77. The summed E-state index contributed by atoms with van der Waals surface area (Å²) in [5, 5.41) is 0. The summed E-state index contributed by atoms with van der Waals surface area (Å²) in [6, 6.07) is 9.49. The highest BCUT2D eigenvalue weighted by molar-refractivity contribution is 7.92. The van der Waals surface area contributed by atoms with Crippen LogP contribution >= 0.6 is 0 Å². The average molecular weight is 362 g/mol. The lowest BCUT2D eigenvalue weighted by molar-refractivity contribution is 0.100. The average Bonchev–Trinajstić information content (AvgIpc) is 2.53. The molecule has 2 aromatic carbocycles. The van der Waals surface area contributed by atoms with Gasteiger partial charge in [0.25, 0.3) is 15.9 Å². The molecule has 0 aliphatic rings. The van der Waals surface area contributed by atoms with Crippen LogP contribution in [0.15, 0.2) is 41.3 Å². The lowest BCUT2D eigenvalue weighted by atomic mass is 9.98. The molecule has 0 heterocycles. The van der Waals surface area contributed by atoms with Gasteiger partial charge >= 0.3 is 0 Å². The Morgan fingerprint density at radius 2 is 1.84 bits per heavy atom. The Labute approximate surface area is 148 Å². The number of amides is 1. The highest BCUT2D eigenvalue weighted by atomic mass is 32.2. The van der Waals surface area contributed by atoms with E-state index in [9.17, 15) is 13.2 Å². The largest absolute Gasteiger partial charge is 0.495 e. The van der Waals surface area contributed by atoms with Gasteiger partial charge in [0, 0.05) is 0 Å². The summed E-state index contributed by atoms with van der Waals surface area (Å²) in [5.74, 6) is -0.319. The second-order valence-corrected chi connectivity index (χ2v) is 7.68. The third kappa shape index (κ3) is 3.93. The summed E-state index contributed by atoms with van der Waals surface area (Å²) in [6.07, 6.45) is 0. The molecule has 0 fully saturated rings. The van der Waals surface area contributed by atoms with Crippen molar-refractivity contribution in [3.8, 4) is 5.75 Å². The van der Waals surface area contributed by atoms with Gasteiger partial charge in [0.1, 0.15) is 10.6 Å². The number of carbonyl (C=O) groups is 1. The first kappa shape index (κ1) is 18.8. The van der Waals surface area contributed by atoms with Gasteiger partial charge in [-0.3, -0.25) is 9.52 Å². The molecule has 0 unspecified atom stereocenters. The summed E-state index contributed by atoms with van der Waals surface area (Å²) in [7, 11) is -2.55. The van der Waals surface area contributed by atoms with Gasteiger partial charge in [0.15, 0.2) is 0 Å². The molecule has 25 heavy (non-hydrogen) atoms. The fourth-order valence-corrected chi connectivity index (χ4v) is 3.92. The van der Waals surface area contributed by atoms with Crippen molar-refractivity contribution < 1.29 is 17.9 Å². The fraction of sp³-hybridized carbons (Fsp3) is 0.278. The third-order valence-electron chi connectivity index (χ3n) is 3.90. The van der Waals surface area contributed by atoms with Crippen LogP contribution in [0.2, 0.25) is 0 Å². The van der Waals surface area contributed by atoms with Gasteiger partial charge in [-0.1, -0.05) is 26.0 Å². The quantitative estimate of drug-likeness (QED) is 0.825. The molecule has 0 spiro atoms. The summed E-state index contributed by atoms with van der Waals surface area (Å²) in [5.41, 5.74) is 7.39. The Kier molecular flexibility index (Phi) is 5.37. The summed E-state index contributed by atoms with van der Waals surface area (Å²) in [4.78, 5) is 11.5. The van der Waals surface area contributed by atoms with Crippen molar-refractivity contribution in [1.82, 2.24) is 0 Å². The van der Waals surface area contributed by atoms with Crippen LogP contribution < -0.4 is 15.2 Å². The molecule has 3 N–H and O–H groups in total. The third-order valence-corrected chi connectivity index (χ3v) is 5.29. The number of benzene rings is 2. The minimum Gasteiger partial charge on any atom is -0.495 e. The van der Waals surface area contributed by atoms with Gasteiger partial charge in [0.05, 0.1) is 18.4 Å². The molecule has 0 aliphatic heterocycles. The smallest absolute Gasteiger partial charge is 0.265 e. The highest BCUT2D eigenvalue weighted by Gasteiger charge is 2.23. The fourth-order valence-electron chi connectivity index (χ4n) is 2.66. The van der Waals surface area contributed by atoms with Crippen LogP contribution in [0.4, 0.5) is 5.69 Å². The number of para-hydroxylation sites is 1. The van der Waals surface area contributed by atoms with E-state index in [0.717, 1.165) is 11.1 Å². The Hall–Kier alpha value is -2.54. The van der Waals surface area contributed by atoms with E-state index in [1.807, 2.05) is 20.8 Å². The molecule has 0 atom stereocenters. The maximum Gasteiger partial charge on any atom is 0.265 e. The molecule has 7 heteroatoms.